The fraction of sp³-hybridized carbons (Fsp3) is 0.483. The number of halogens is 1. The van der Waals surface area contributed by atoms with Crippen LogP contribution in [0.1, 0.15) is 77.1 Å². The number of amides is 1. The van der Waals surface area contributed by atoms with Crippen molar-refractivity contribution in [1.29, 1.82) is 0 Å². The number of nitrogens with zero attached hydrogens (tertiary/aromatic N) is 4. The first-order valence-corrected chi connectivity index (χ1v) is 13.2. The average molecular weight is 493 g/mol. The lowest BCUT2D eigenvalue weighted by Crippen LogP contribution is -2.38. The van der Waals surface area contributed by atoms with E-state index in [9.17, 15) is 4.79 Å². The molecule has 1 aliphatic carbocycles. The summed E-state index contributed by atoms with van der Waals surface area (Å²) < 4.78 is 0. The number of carbonyl (C=O) groups is 1. The van der Waals surface area contributed by atoms with Crippen LogP contribution in [0.2, 0.25) is 5.02 Å². The minimum atomic E-state index is -0.0819. The van der Waals surface area contributed by atoms with E-state index in [4.69, 9.17) is 16.6 Å². The highest BCUT2D eigenvalue weighted by molar-refractivity contribution is 6.33. The molecule has 2 aliphatic rings. The Morgan fingerprint density at radius 1 is 1.11 bits per heavy atom. The lowest BCUT2D eigenvalue weighted by molar-refractivity contribution is 0.0761. The highest BCUT2D eigenvalue weighted by Gasteiger charge is 2.30. The van der Waals surface area contributed by atoms with E-state index >= 15 is 0 Å². The zero-order valence-electron chi connectivity index (χ0n) is 21.6. The summed E-state index contributed by atoms with van der Waals surface area (Å²) in [4.78, 5) is 27.9. The standard InChI is InChI=1S/C29H37ClN4O/c1-20(2)34(22-13-11-12-21(18-22)29(3,4)5)27(35)24-19-31-28(33-16-9-6-10-17-33)32-26(24)23-14-7-8-15-25(23)30/h7-8,12,14-15,18-20H,6,9-11,13,16-17H2,1-5H3. The molecule has 2 heterocycles. The van der Waals surface area contributed by atoms with Crippen LogP contribution in [0.4, 0.5) is 5.95 Å². The second-order valence-electron chi connectivity index (χ2n) is 10.8. The molecule has 0 N–H and O–H groups in total. The summed E-state index contributed by atoms with van der Waals surface area (Å²) in [5, 5.41) is 0.579. The summed E-state index contributed by atoms with van der Waals surface area (Å²) in [6, 6.07) is 7.60. The van der Waals surface area contributed by atoms with Crippen LogP contribution < -0.4 is 4.90 Å². The summed E-state index contributed by atoms with van der Waals surface area (Å²) in [6.45, 7) is 12.6. The fourth-order valence-electron chi connectivity index (χ4n) is 4.86. The number of piperidine rings is 1. The van der Waals surface area contributed by atoms with Crippen LogP contribution in [0.3, 0.4) is 0 Å². The Balaban J connectivity index is 1.79. The Kier molecular flexibility index (Phi) is 7.65. The molecular weight excluding hydrogens is 456 g/mol. The van der Waals surface area contributed by atoms with E-state index in [1.807, 2.05) is 29.2 Å². The number of hydrogen-bond donors (Lipinski definition) is 0. The molecule has 0 atom stereocenters. The molecule has 0 radical (unpaired) electrons. The van der Waals surface area contributed by atoms with Crippen molar-refractivity contribution in [2.75, 3.05) is 18.0 Å². The van der Waals surface area contributed by atoms with Gasteiger partial charge >= 0.3 is 0 Å². The lowest BCUT2D eigenvalue weighted by atomic mass is 9.82. The van der Waals surface area contributed by atoms with Crippen LogP contribution in [0.15, 0.2) is 53.9 Å². The highest BCUT2D eigenvalue weighted by atomic mass is 35.5. The van der Waals surface area contributed by atoms with Gasteiger partial charge < -0.3 is 9.80 Å². The number of benzene rings is 1. The van der Waals surface area contributed by atoms with Gasteiger partial charge in [0.1, 0.15) is 0 Å². The van der Waals surface area contributed by atoms with Crippen molar-refractivity contribution in [2.24, 2.45) is 5.41 Å². The molecule has 1 aliphatic heterocycles. The lowest BCUT2D eigenvalue weighted by Gasteiger charge is -2.34. The summed E-state index contributed by atoms with van der Waals surface area (Å²) >= 11 is 6.62. The minimum absolute atomic E-state index is 0.00562. The van der Waals surface area contributed by atoms with Gasteiger partial charge in [-0.05, 0) is 69.1 Å². The monoisotopic (exact) mass is 492 g/mol. The first-order valence-electron chi connectivity index (χ1n) is 12.8. The summed E-state index contributed by atoms with van der Waals surface area (Å²) in [7, 11) is 0. The minimum Gasteiger partial charge on any atom is -0.341 e. The van der Waals surface area contributed by atoms with Crippen molar-refractivity contribution in [3.05, 3.63) is 64.5 Å². The molecule has 0 spiro atoms. The molecule has 0 saturated carbocycles. The maximum atomic E-state index is 14.2. The van der Waals surface area contributed by atoms with Crippen LogP contribution in [0.5, 0.6) is 0 Å². The van der Waals surface area contributed by atoms with Gasteiger partial charge in [-0.3, -0.25) is 4.79 Å². The van der Waals surface area contributed by atoms with Gasteiger partial charge in [0.2, 0.25) is 5.95 Å². The van der Waals surface area contributed by atoms with Crippen molar-refractivity contribution in [3.63, 3.8) is 0 Å². The van der Waals surface area contributed by atoms with E-state index < -0.39 is 0 Å². The summed E-state index contributed by atoms with van der Waals surface area (Å²) in [5.74, 6) is 0.587. The molecular formula is C29H37ClN4O. The molecule has 1 saturated heterocycles. The first-order chi connectivity index (χ1) is 16.7. The van der Waals surface area contributed by atoms with Crippen LogP contribution >= 0.6 is 11.6 Å². The molecule has 1 amide bonds. The van der Waals surface area contributed by atoms with Crippen molar-refractivity contribution in [2.45, 2.75) is 72.8 Å². The van der Waals surface area contributed by atoms with Crippen LogP contribution in [0, 0.1) is 5.41 Å². The average Bonchev–Trinajstić information content (AvgIpc) is 2.84. The molecule has 6 heteroatoms. The largest absolute Gasteiger partial charge is 0.341 e. The smallest absolute Gasteiger partial charge is 0.262 e. The SMILES string of the molecule is CC(C)N(C(=O)c1cnc(N2CCCCC2)nc1-c1ccccc1Cl)C1=CC(C(C)(C)C)=CCC1. The topological polar surface area (TPSA) is 49.3 Å². The second-order valence-corrected chi connectivity index (χ2v) is 11.2. The van der Waals surface area contributed by atoms with Crippen LogP contribution in [-0.4, -0.2) is 39.9 Å². The van der Waals surface area contributed by atoms with Gasteiger partial charge in [0.05, 0.1) is 11.3 Å². The number of rotatable bonds is 5. The molecule has 4 rings (SSSR count). The van der Waals surface area contributed by atoms with Crippen molar-refractivity contribution >= 4 is 23.5 Å². The van der Waals surface area contributed by atoms with Gasteiger partial charge in [0.15, 0.2) is 0 Å². The summed E-state index contributed by atoms with van der Waals surface area (Å²) in [6.07, 6.45) is 11.4. The Hall–Kier alpha value is -2.66. The van der Waals surface area contributed by atoms with Crippen molar-refractivity contribution in [1.82, 2.24) is 14.9 Å². The first kappa shape index (κ1) is 25.4. The summed E-state index contributed by atoms with van der Waals surface area (Å²) in [5.41, 5.74) is 4.18. The maximum absolute atomic E-state index is 14.2. The van der Waals surface area contributed by atoms with Crippen molar-refractivity contribution in [3.8, 4) is 11.3 Å². The van der Waals surface area contributed by atoms with Gasteiger partial charge in [-0.2, -0.15) is 0 Å². The zero-order valence-corrected chi connectivity index (χ0v) is 22.4. The molecule has 0 unspecified atom stereocenters. The van der Waals surface area contributed by atoms with Gasteiger partial charge in [-0.25, -0.2) is 9.97 Å². The van der Waals surface area contributed by atoms with Gasteiger partial charge in [0.25, 0.3) is 5.91 Å². The third-order valence-electron chi connectivity index (χ3n) is 6.77. The second kappa shape index (κ2) is 10.5. The predicted molar refractivity (Wildman–Crippen MR) is 145 cm³/mol. The molecule has 1 fully saturated rings. The van der Waals surface area contributed by atoms with Crippen molar-refractivity contribution < 1.29 is 4.79 Å². The molecule has 1 aromatic carbocycles. The zero-order chi connectivity index (χ0) is 25.2. The van der Waals surface area contributed by atoms with Crippen LogP contribution in [-0.2, 0) is 0 Å². The molecule has 5 nitrogen and oxygen atoms in total. The molecule has 1 aromatic heterocycles. The van der Waals surface area contributed by atoms with Gasteiger partial charge in [-0.1, -0.05) is 56.6 Å². The number of hydrogen-bond acceptors (Lipinski definition) is 4. The molecule has 0 bridgehead atoms. The fourth-order valence-corrected chi connectivity index (χ4v) is 5.08. The predicted octanol–water partition coefficient (Wildman–Crippen LogP) is 7.29. The van der Waals surface area contributed by atoms with E-state index in [0.717, 1.165) is 50.0 Å². The maximum Gasteiger partial charge on any atom is 0.262 e. The van der Waals surface area contributed by atoms with E-state index in [2.05, 4.69) is 56.7 Å². The van der Waals surface area contributed by atoms with Gasteiger partial charge in [0, 0.05) is 41.6 Å². The third kappa shape index (κ3) is 5.61. The van der Waals surface area contributed by atoms with E-state index in [-0.39, 0.29) is 17.4 Å². The third-order valence-corrected chi connectivity index (χ3v) is 7.10. The number of allylic oxidation sites excluding steroid dienone is 4. The number of aromatic nitrogens is 2. The van der Waals surface area contributed by atoms with E-state index in [0.29, 0.717) is 22.2 Å². The van der Waals surface area contributed by atoms with E-state index in [1.54, 1.807) is 6.20 Å². The molecule has 35 heavy (non-hydrogen) atoms. The van der Waals surface area contributed by atoms with Gasteiger partial charge in [-0.15, -0.1) is 0 Å². The Morgan fingerprint density at radius 2 is 1.83 bits per heavy atom. The molecule has 186 valence electrons. The van der Waals surface area contributed by atoms with Crippen LogP contribution in [0.25, 0.3) is 11.3 Å². The Labute approximate surface area is 214 Å². The number of anilines is 1. The normalized spacial score (nSPS) is 16.7. The Bertz CT molecular complexity index is 1140. The highest BCUT2D eigenvalue weighted by Crippen LogP contribution is 2.36. The van der Waals surface area contributed by atoms with E-state index in [1.165, 1.54) is 12.0 Å². The molecule has 2 aromatic rings. The quantitative estimate of drug-likeness (QED) is 0.439. The Morgan fingerprint density at radius 3 is 2.49 bits per heavy atom. The number of carbonyl (C=O) groups excluding carboxylic acids is 1.